The molecule has 0 radical (unpaired) electrons. The summed E-state index contributed by atoms with van der Waals surface area (Å²) < 4.78 is 26.0. The predicted octanol–water partition coefficient (Wildman–Crippen LogP) is 3.13. The van der Waals surface area contributed by atoms with Gasteiger partial charge in [-0.2, -0.15) is 0 Å². The van der Waals surface area contributed by atoms with E-state index in [1.165, 1.54) is 6.07 Å². The summed E-state index contributed by atoms with van der Waals surface area (Å²) in [6.07, 6.45) is 0. The molecule has 1 heterocycles. The summed E-state index contributed by atoms with van der Waals surface area (Å²) in [6, 6.07) is 5.21. The normalized spacial score (nSPS) is 10.9. The molecule has 0 aliphatic heterocycles. The maximum absolute atomic E-state index is 13.2. The van der Waals surface area contributed by atoms with Gasteiger partial charge in [0.15, 0.2) is 17.5 Å². The van der Waals surface area contributed by atoms with Crippen molar-refractivity contribution in [3.8, 4) is 11.4 Å². The molecular weight excluding hydrogens is 236 g/mol. The Kier molecular flexibility index (Phi) is 3.23. The van der Waals surface area contributed by atoms with Crippen molar-refractivity contribution in [3.05, 3.63) is 41.6 Å². The molecule has 1 aromatic carbocycles. The van der Waals surface area contributed by atoms with Gasteiger partial charge in [0, 0.05) is 17.3 Å². The van der Waals surface area contributed by atoms with Crippen LogP contribution in [0.2, 0.25) is 0 Å². The molecule has 2 aromatic rings. The topological polar surface area (TPSA) is 51.8 Å². The van der Waals surface area contributed by atoms with Crippen LogP contribution < -0.4 is 5.73 Å². The van der Waals surface area contributed by atoms with Gasteiger partial charge in [-0.1, -0.05) is 13.8 Å². The number of nitrogen functional groups attached to an aromatic ring is 1. The minimum Gasteiger partial charge on any atom is -0.384 e. The lowest BCUT2D eigenvalue weighted by Crippen LogP contribution is -2.02. The van der Waals surface area contributed by atoms with Gasteiger partial charge in [-0.25, -0.2) is 18.7 Å². The summed E-state index contributed by atoms with van der Waals surface area (Å²) >= 11 is 0. The number of hydrogen-bond acceptors (Lipinski definition) is 3. The SMILES string of the molecule is CC(C)c1cc(N)nc(-c2ccc(F)c(F)c2)n1. The van der Waals surface area contributed by atoms with E-state index in [-0.39, 0.29) is 5.92 Å². The van der Waals surface area contributed by atoms with E-state index in [0.717, 1.165) is 17.8 Å². The number of aromatic nitrogens is 2. The van der Waals surface area contributed by atoms with Crippen LogP contribution in [0.4, 0.5) is 14.6 Å². The number of anilines is 1. The quantitative estimate of drug-likeness (QED) is 0.889. The zero-order chi connectivity index (χ0) is 13.3. The molecule has 94 valence electrons. The van der Waals surface area contributed by atoms with E-state index in [9.17, 15) is 8.78 Å². The summed E-state index contributed by atoms with van der Waals surface area (Å²) in [4.78, 5) is 8.33. The fourth-order valence-corrected chi connectivity index (χ4v) is 1.55. The van der Waals surface area contributed by atoms with Crippen LogP contribution in [0.5, 0.6) is 0 Å². The molecule has 0 spiro atoms. The van der Waals surface area contributed by atoms with Crippen molar-refractivity contribution in [2.24, 2.45) is 0 Å². The van der Waals surface area contributed by atoms with Crippen molar-refractivity contribution in [3.63, 3.8) is 0 Å². The second-order valence-electron chi connectivity index (χ2n) is 4.32. The third kappa shape index (κ3) is 2.45. The van der Waals surface area contributed by atoms with Gasteiger partial charge in [-0.3, -0.25) is 0 Å². The molecular formula is C13H13F2N3. The van der Waals surface area contributed by atoms with Gasteiger partial charge in [0.1, 0.15) is 5.82 Å². The Hall–Kier alpha value is -2.04. The minimum atomic E-state index is -0.926. The highest BCUT2D eigenvalue weighted by Gasteiger charge is 2.10. The lowest BCUT2D eigenvalue weighted by molar-refractivity contribution is 0.509. The number of nitrogens with zero attached hydrogens (tertiary/aromatic N) is 2. The molecule has 2 N–H and O–H groups in total. The van der Waals surface area contributed by atoms with Gasteiger partial charge >= 0.3 is 0 Å². The molecule has 0 saturated carbocycles. The Morgan fingerprint density at radius 1 is 1.06 bits per heavy atom. The Morgan fingerprint density at radius 3 is 2.39 bits per heavy atom. The monoisotopic (exact) mass is 249 g/mol. The number of nitrogens with two attached hydrogens (primary N) is 1. The summed E-state index contributed by atoms with van der Waals surface area (Å²) in [5.41, 5.74) is 6.86. The Morgan fingerprint density at radius 2 is 1.78 bits per heavy atom. The summed E-state index contributed by atoms with van der Waals surface area (Å²) in [5.74, 6) is -1.03. The van der Waals surface area contributed by atoms with Gasteiger partial charge in [-0.15, -0.1) is 0 Å². The zero-order valence-electron chi connectivity index (χ0n) is 10.1. The fraction of sp³-hybridized carbons (Fsp3) is 0.231. The molecule has 5 heteroatoms. The lowest BCUT2D eigenvalue weighted by Gasteiger charge is -2.08. The van der Waals surface area contributed by atoms with Gasteiger partial charge in [0.2, 0.25) is 0 Å². The number of benzene rings is 1. The Labute approximate surface area is 104 Å². The molecule has 1 aromatic heterocycles. The molecule has 0 saturated heterocycles. The van der Waals surface area contributed by atoms with Crippen LogP contribution in [0, 0.1) is 11.6 Å². The van der Waals surface area contributed by atoms with Crippen LogP contribution in [0.25, 0.3) is 11.4 Å². The van der Waals surface area contributed by atoms with Crippen molar-refractivity contribution in [1.82, 2.24) is 9.97 Å². The number of halogens is 2. The second kappa shape index (κ2) is 4.68. The van der Waals surface area contributed by atoms with Crippen LogP contribution in [-0.2, 0) is 0 Å². The molecule has 0 unspecified atom stereocenters. The Bertz CT molecular complexity index is 582. The smallest absolute Gasteiger partial charge is 0.161 e. The fourth-order valence-electron chi connectivity index (χ4n) is 1.55. The van der Waals surface area contributed by atoms with E-state index in [4.69, 9.17) is 5.73 Å². The van der Waals surface area contributed by atoms with E-state index in [0.29, 0.717) is 17.2 Å². The van der Waals surface area contributed by atoms with Crippen LogP contribution in [0.15, 0.2) is 24.3 Å². The van der Waals surface area contributed by atoms with Gasteiger partial charge in [-0.05, 0) is 24.1 Å². The van der Waals surface area contributed by atoms with Crippen molar-refractivity contribution in [2.45, 2.75) is 19.8 Å². The predicted molar refractivity (Wildman–Crippen MR) is 65.9 cm³/mol. The van der Waals surface area contributed by atoms with Crippen LogP contribution in [0.3, 0.4) is 0 Å². The first-order chi connectivity index (χ1) is 8.47. The molecule has 3 nitrogen and oxygen atoms in total. The molecule has 0 bridgehead atoms. The molecule has 0 amide bonds. The first-order valence-electron chi connectivity index (χ1n) is 5.57. The van der Waals surface area contributed by atoms with Crippen molar-refractivity contribution in [1.29, 1.82) is 0 Å². The number of hydrogen-bond donors (Lipinski definition) is 1. The third-order valence-corrected chi connectivity index (χ3v) is 2.54. The van der Waals surface area contributed by atoms with Crippen LogP contribution in [0.1, 0.15) is 25.5 Å². The molecule has 0 atom stereocenters. The van der Waals surface area contributed by atoms with Gasteiger partial charge in [0.05, 0.1) is 0 Å². The van der Waals surface area contributed by atoms with Crippen molar-refractivity contribution >= 4 is 5.82 Å². The minimum absolute atomic E-state index is 0.180. The average molecular weight is 249 g/mol. The van der Waals surface area contributed by atoms with E-state index >= 15 is 0 Å². The molecule has 2 rings (SSSR count). The summed E-state index contributed by atoms with van der Waals surface area (Å²) in [5, 5.41) is 0. The molecule has 0 fully saturated rings. The highest BCUT2D eigenvalue weighted by molar-refractivity contribution is 5.57. The van der Waals surface area contributed by atoms with E-state index in [2.05, 4.69) is 9.97 Å². The van der Waals surface area contributed by atoms with E-state index < -0.39 is 11.6 Å². The first kappa shape index (κ1) is 12.4. The largest absolute Gasteiger partial charge is 0.384 e. The number of rotatable bonds is 2. The van der Waals surface area contributed by atoms with Crippen LogP contribution >= 0.6 is 0 Å². The maximum atomic E-state index is 13.2. The van der Waals surface area contributed by atoms with Crippen molar-refractivity contribution < 1.29 is 8.78 Å². The standard InChI is InChI=1S/C13H13F2N3/c1-7(2)11-6-12(16)18-13(17-11)8-3-4-9(14)10(15)5-8/h3-7H,1-2H3,(H2,16,17,18). The average Bonchev–Trinajstić information content (AvgIpc) is 2.31. The highest BCUT2D eigenvalue weighted by atomic mass is 19.2. The van der Waals surface area contributed by atoms with E-state index in [1.54, 1.807) is 6.07 Å². The van der Waals surface area contributed by atoms with E-state index in [1.807, 2.05) is 13.8 Å². The molecule has 0 aliphatic rings. The lowest BCUT2D eigenvalue weighted by atomic mass is 10.1. The molecule has 18 heavy (non-hydrogen) atoms. The zero-order valence-corrected chi connectivity index (χ0v) is 10.1. The Balaban J connectivity index is 2.53. The molecule has 0 aliphatic carbocycles. The van der Waals surface area contributed by atoms with Gasteiger partial charge in [0.25, 0.3) is 0 Å². The van der Waals surface area contributed by atoms with Crippen molar-refractivity contribution in [2.75, 3.05) is 5.73 Å². The van der Waals surface area contributed by atoms with Gasteiger partial charge < -0.3 is 5.73 Å². The first-order valence-corrected chi connectivity index (χ1v) is 5.57. The summed E-state index contributed by atoms with van der Waals surface area (Å²) in [7, 11) is 0. The maximum Gasteiger partial charge on any atom is 0.161 e. The summed E-state index contributed by atoms with van der Waals surface area (Å²) in [6.45, 7) is 3.94. The highest BCUT2D eigenvalue weighted by Crippen LogP contribution is 2.22. The second-order valence-corrected chi connectivity index (χ2v) is 4.32. The van der Waals surface area contributed by atoms with Crippen LogP contribution in [-0.4, -0.2) is 9.97 Å². The third-order valence-electron chi connectivity index (χ3n) is 2.54.